The molecule has 0 bridgehead atoms. The molecule has 0 saturated carbocycles. The molecule has 1 aliphatic rings. The quantitative estimate of drug-likeness (QED) is 0.213. The zero-order valence-corrected chi connectivity index (χ0v) is 26.4. The molecule has 4 heterocycles. The van der Waals surface area contributed by atoms with Crippen LogP contribution in [0.15, 0.2) is 60.9 Å². The zero-order chi connectivity index (χ0) is 32.7. The number of ether oxygens (including phenoxy) is 2. The van der Waals surface area contributed by atoms with Gasteiger partial charge >= 0.3 is 5.97 Å². The Bertz CT molecular complexity index is 1960. The fourth-order valence-corrected chi connectivity index (χ4v) is 5.91. The molecule has 2 aromatic carbocycles. The second-order valence-electron chi connectivity index (χ2n) is 12.4. The highest BCUT2D eigenvalue weighted by Crippen LogP contribution is 2.41. The maximum absolute atomic E-state index is 15.6. The molecule has 0 saturated heterocycles. The number of carbonyl (C=O) groups is 2. The number of nitrogens with one attached hydrogen (secondary N) is 1. The van der Waals surface area contributed by atoms with Gasteiger partial charge < -0.3 is 24.5 Å². The van der Waals surface area contributed by atoms with Gasteiger partial charge in [-0.15, -0.1) is 0 Å². The topological polar surface area (TPSA) is 120 Å². The SMILES string of the molecule is Cc1nc2cc(C(=O)NCc3cccc(-n4cccc4)c3)nn2c(-c2cc(F)c3c(c2C)CCCO3)c1[C@H](OC(C)(C)C)C(=O)O. The number of aryl methyl sites for hydroxylation is 1. The molecule has 0 radical (unpaired) electrons. The molecular weight excluding hydrogens is 589 g/mol. The predicted octanol–water partition coefficient (Wildman–Crippen LogP) is 6.14. The van der Waals surface area contributed by atoms with Crippen LogP contribution in [-0.2, 0) is 22.5 Å². The lowest BCUT2D eigenvalue weighted by Crippen LogP contribution is -2.29. The highest BCUT2D eigenvalue weighted by molar-refractivity contribution is 5.93. The molecule has 0 unspecified atom stereocenters. The van der Waals surface area contributed by atoms with Crippen LogP contribution in [0.25, 0.3) is 22.6 Å². The number of nitrogens with zero attached hydrogens (tertiary/aromatic N) is 4. The molecule has 46 heavy (non-hydrogen) atoms. The first-order valence-electron chi connectivity index (χ1n) is 15.2. The number of rotatable bonds is 8. The number of benzene rings is 2. The van der Waals surface area contributed by atoms with Gasteiger partial charge in [-0.25, -0.2) is 18.7 Å². The van der Waals surface area contributed by atoms with Gasteiger partial charge in [-0.05, 0) is 88.9 Å². The summed E-state index contributed by atoms with van der Waals surface area (Å²) in [5, 5.41) is 17.9. The standard InChI is InChI=1S/C35H36FN5O5/c1-20-24-12-9-15-45-31(24)26(36)17-25(20)30-29(32(34(43)44)46-35(3,4)5)21(2)38-28-18-27(39-41(28)30)33(42)37-19-22-10-8-11-23(16-22)40-13-6-7-14-40/h6-8,10-11,13-14,16-18,32H,9,12,15,19H2,1-5H3,(H,37,42)(H,43,44)/t32-/m0/s1. The van der Waals surface area contributed by atoms with E-state index >= 15 is 4.39 Å². The van der Waals surface area contributed by atoms with Gasteiger partial charge in [0.1, 0.15) is 0 Å². The van der Waals surface area contributed by atoms with Crippen LogP contribution in [0.1, 0.15) is 71.7 Å². The number of aliphatic carboxylic acids is 1. The molecule has 0 fully saturated rings. The first-order valence-corrected chi connectivity index (χ1v) is 15.2. The second-order valence-corrected chi connectivity index (χ2v) is 12.4. The minimum absolute atomic E-state index is 0.0786. The van der Waals surface area contributed by atoms with E-state index in [0.717, 1.165) is 23.2 Å². The number of amides is 1. The van der Waals surface area contributed by atoms with Gasteiger partial charge in [0.05, 0.1) is 17.9 Å². The van der Waals surface area contributed by atoms with E-state index in [4.69, 9.17) is 9.47 Å². The summed E-state index contributed by atoms with van der Waals surface area (Å²) in [4.78, 5) is 30.8. The van der Waals surface area contributed by atoms with Crippen molar-refractivity contribution in [2.24, 2.45) is 0 Å². The van der Waals surface area contributed by atoms with Gasteiger partial charge in [0.2, 0.25) is 0 Å². The summed E-state index contributed by atoms with van der Waals surface area (Å²) in [6.07, 6.45) is 3.77. The van der Waals surface area contributed by atoms with Crippen molar-refractivity contribution in [2.75, 3.05) is 6.61 Å². The summed E-state index contributed by atoms with van der Waals surface area (Å²) >= 11 is 0. The van der Waals surface area contributed by atoms with Gasteiger partial charge in [0, 0.05) is 53.1 Å². The van der Waals surface area contributed by atoms with Crippen molar-refractivity contribution in [1.82, 2.24) is 24.5 Å². The molecule has 1 atom stereocenters. The summed E-state index contributed by atoms with van der Waals surface area (Å²) in [7, 11) is 0. The largest absolute Gasteiger partial charge is 0.490 e. The summed E-state index contributed by atoms with van der Waals surface area (Å²) in [6, 6.07) is 14.6. The van der Waals surface area contributed by atoms with Crippen LogP contribution >= 0.6 is 0 Å². The van der Waals surface area contributed by atoms with Crippen LogP contribution < -0.4 is 10.1 Å². The minimum atomic E-state index is -1.45. The third-order valence-electron chi connectivity index (χ3n) is 7.98. The van der Waals surface area contributed by atoms with Crippen molar-refractivity contribution in [2.45, 2.75) is 65.7 Å². The number of hydrogen-bond acceptors (Lipinski definition) is 6. The fourth-order valence-electron chi connectivity index (χ4n) is 5.91. The molecule has 0 aliphatic carbocycles. The molecule has 2 N–H and O–H groups in total. The van der Waals surface area contributed by atoms with Crippen LogP contribution in [0.5, 0.6) is 5.75 Å². The van der Waals surface area contributed by atoms with Crippen LogP contribution in [0.3, 0.4) is 0 Å². The minimum Gasteiger partial charge on any atom is -0.490 e. The molecule has 10 nitrogen and oxygen atoms in total. The third kappa shape index (κ3) is 5.97. The highest BCUT2D eigenvalue weighted by atomic mass is 19.1. The Morgan fingerprint density at radius 2 is 1.89 bits per heavy atom. The molecule has 1 amide bonds. The van der Waals surface area contributed by atoms with E-state index in [9.17, 15) is 14.7 Å². The van der Waals surface area contributed by atoms with Crippen molar-refractivity contribution in [3.8, 4) is 22.7 Å². The first-order chi connectivity index (χ1) is 21.9. The van der Waals surface area contributed by atoms with Gasteiger partial charge in [-0.2, -0.15) is 5.10 Å². The molecule has 1 aliphatic heterocycles. The van der Waals surface area contributed by atoms with Gasteiger partial charge in [-0.1, -0.05) is 12.1 Å². The Morgan fingerprint density at radius 3 is 2.61 bits per heavy atom. The number of carboxylic acids is 1. The molecule has 6 rings (SSSR count). The van der Waals surface area contributed by atoms with Crippen molar-refractivity contribution in [1.29, 1.82) is 0 Å². The number of carboxylic acid groups (broad SMARTS) is 1. The average Bonchev–Trinajstić information content (AvgIpc) is 3.71. The van der Waals surface area contributed by atoms with Gasteiger partial charge in [0.15, 0.2) is 29.0 Å². The lowest BCUT2D eigenvalue weighted by Gasteiger charge is -2.28. The maximum atomic E-state index is 15.6. The Balaban J connectivity index is 1.46. The van der Waals surface area contributed by atoms with Crippen LogP contribution in [0.2, 0.25) is 0 Å². The van der Waals surface area contributed by atoms with E-state index in [1.54, 1.807) is 33.8 Å². The van der Waals surface area contributed by atoms with Crippen LogP contribution in [0, 0.1) is 19.7 Å². The van der Waals surface area contributed by atoms with E-state index in [1.165, 1.54) is 10.6 Å². The third-order valence-corrected chi connectivity index (χ3v) is 7.98. The number of hydrogen-bond donors (Lipinski definition) is 2. The predicted molar refractivity (Wildman–Crippen MR) is 170 cm³/mol. The second kappa shape index (κ2) is 12.1. The van der Waals surface area contributed by atoms with E-state index in [1.807, 2.05) is 60.3 Å². The van der Waals surface area contributed by atoms with E-state index in [2.05, 4.69) is 15.4 Å². The lowest BCUT2D eigenvalue weighted by atomic mass is 9.91. The maximum Gasteiger partial charge on any atom is 0.337 e. The first kappa shape index (κ1) is 31.0. The summed E-state index contributed by atoms with van der Waals surface area (Å²) in [6.45, 7) is 9.48. The molecule has 0 spiro atoms. The van der Waals surface area contributed by atoms with Crippen molar-refractivity contribution >= 4 is 17.5 Å². The molecular formula is C35H36FN5O5. The van der Waals surface area contributed by atoms with Crippen molar-refractivity contribution in [3.05, 3.63) is 100 Å². The smallest absolute Gasteiger partial charge is 0.337 e. The molecule has 11 heteroatoms. The Labute approximate surface area is 265 Å². The molecule has 238 valence electrons. The van der Waals surface area contributed by atoms with Gasteiger partial charge in [0.25, 0.3) is 5.91 Å². The van der Waals surface area contributed by atoms with E-state index in [-0.39, 0.29) is 23.6 Å². The number of aromatic nitrogens is 4. The average molecular weight is 626 g/mol. The van der Waals surface area contributed by atoms with Crippen LogP contribution in [-0.4, -0.2) is 48.4 Å². The Kier molecular flexibility index (Phi) is 8.11. The number of carbonyl (C=O) groups excluding carboxylic acids is 1. The molecule has 5 aromatic rings. The molecule has 3 aromatic heterocycles. The van der Waals surface area contributed by atoms with E-state index in [0.29, 0.717) is 41.2 Å². The summed E-state index contributed by atoms with van der Waals surface area (Å²) in [5.74, 6) is -2.02. The van der Waals surface area contributed by atoms with Crippen molar-refractivity contribution < 1.29 is 28.6 Å². The number of halogens is 1. The fraction of sp³-hybridized carbons (Fsp3) is 0.314. The number of fused-ring (bicyclic) bond motifs is 2. The monoisotopic (exact) mass is 625 g/mol. The Hall–Kier alpha value is -5.03. The van der Waals surface area contributed by atoms with Gasteiger partial charge in [-0.3, -0.25) is 4.79 Å². The normalized spacial score (nSPS) is 13.7. The summed E-state index contributed by atoms with van der Waals surface area (Å²) in [5.41, 5.74) is 4.16. The lowest BCUT2D eigenvalue weighted by molar-refractivity contribution is -0.160. The van der Waals surface area contributed by atoms with Crippen LogP contribution in [0.4, 0.5) is 4.39 Å². The van der Waals surface area contributed by atoms with E-state index < -0.39 is 29.4 Å². The Morgan fingerprint density at radius 1 is 1.13 bits per heavy atom. The zero-order valence-electron chi connectivity index (χ0n) is 26.4. The highest BCUT2D eigenvalue weighted by Gasteiger charge is 2.35. The summed E-state index contributed by atoms with van der Waals surface area (Å²) < 4.78 is 30.7. The van der Waals surface area contributed by atoms with Crippen molar-refractivity contribution in [3.63, 3.8) is 0 Å².